The van der Waals surface area contributed by atoms with Crippen molar-refractivity contribution in [2.24, 2.45) is 0 Å². The zero-order chi connectivity index (χ0) is 16.7. The lowest BCUT2D eigenvalue weighted by Gasteiger charge is -2.13. The molecule has 0 heterocycles. The van der Waals surface area contributed by atoms with Gasteiger partial charge in [-0.05, 0) is 52.9 Å². The molecule has 3 aromatic rings. The number of aryl methyl sites for hydroxylation is 2. The van der Waals surface area contributed by atoms with Crippen molar-refractivity contribution in [1.82, 2.24) is 0 Å². The second kappa shape index (κ2) is 5.36. The van der Waals surface area contributed by atoms with E-state index < -0.39 is 10.0 Å². The first-order valence-corrected chi connectivity index (χ1v) is 9.14. The Balaban J connectivity index is 1.85. The van der Waals surface area contributed by atoms with Gasteiger partial charge in [-0.1, -0.05) is 36.4 Å². The third-order valence-electron chi connectivity index (χ3n) is 4.42. The molecule has 0 saturated carbocycles. The summed E-state index contributed by atoms with van der Waals surface area (Å²) in [6.45, 7) is 0. The van der Waals surface area contributed by atoms with E-state index in [1.54, 1.807) is 30.3 Å². The number of para-hydroxylation sites is 1. The molecule has 0 unspecified atom stereocenters. The van der Waals surface area contributed by atoms with Gasteiger partial charge in [0.25, 0.3) is 10.0 Å². The van der Waals surface area contributed by atoms with Crippen molar-refractivity contribution >= 4 is 26.5 Å². The third-order valence-corrected chi connectivity index (χ3v) is 5.87. The van der Waals surface area contributed by atoms with Gasteiger partial charge in [0.15, 0.2) is 0 Å². The van der Waals surface area contributed by atoms with Crippen molar-refractivity contribution in [2.75, 3.05) is 4.72 Å². The summed E-state index contributed by atoms with van der Waals surface area (Å²) in [5, 5.41) is 11.3. The molecule has 4 nitrogen and oxygen atoms in total. The van der Waals surface area contributed by atoms with E-state index in [1.807, 2.05) is 30.3 Å². The molecule has 0 aliphatic heterocycles. The molecule has 118 valence electrons. The van der Waals surface area contributed by atoms with E-state index in [9.17, 15) is 8.42 Å². The zero-order valence-corrected chi connectivity index (χ0v) is 13.6. The molecule has 1 aliphatic rings. The Morgan fingerprint density at radius 3 is 2.62 bits per heavy atom. The summed E-state index contributed by atoms with van der Waals surface area (Å²) in [4.78, 5) is 0.299. The minimum absolute atomic E-state index is 0.299. The van der Waals surface area contributed by atoms with E-state index in [2.05, 4.69) is 4.72 Å². The fraction of sp³-hybridized carbons (Fsp3) is 0.105. The highest BCUT2D eigenvalue weighted by molar-refractivity contribution is 7.92. The van der Waals surface area contributed by atoms with Crippen LogP contribution in [-0.4, -0.2) is 8.42 Å². The molecule has 0 fully saturated rings. The Morgan fingerprint density at radius 2 is 1.79 bits per heavy atom. The highest BCUT2D eigenvalue weighted by atomic mass is 32.2. The van der Waals surface area contributed by atoms with Gasteiger partial charge in [-0.25, -0.2) is 8.42 Å². The Kier molecular flexibility index (Phi) is 3.29. The molecule has 1 N–H and O–H groups in total. The maximum absolute atomic E-state index is 12.9. The molecule has 0 aromatic heterocycles. The van der Waals surface area contributed by atoms with E-state index >= 15 is 0 Å². The quantitative estimate of drug-likeness (QED) is 0.795. The fourth-order valence-corrected chi connectivity index (χ4v) is 4.71. The molecule has 0 saturated heterocycles. The largest absolute Gasteiger partial charge is 0.278 e. The SMILES string of the molecule is N#Cc1ccccc1NS(=O)(=O)c1ccc2cccc3c2c1CC3. The number of anilines is 1. The van der Waals surface area contributed by atoms with Crippen LogP contribution in [0.5, 0.6) is 0 Å². The maximum atomic E-state index is 12.9. The van der Waals surface area contributed by atoms with Crippen LogP contribution < -0.4 is 4.72 Å². The number of benzene rings is 3. The fourth-order valence-electron chi connectivity index (χ4n) is 3.35. The third kappa shape index (κ3) is 2.24. The van der Waals surface area contributed by atoms with Crippen molar-refractivity contribution in [1.29, 1.82) is 5.26 Å². The number of hydrogen-bond acceptors (Lipinski definition) is 3. The topological polar surface area (TPSA) is 70.0 Å². The van der Waals surface area contributed by atoms with Crippen LogP contribution in [0, 0.1) is 11.3 Å². The molecule has 3 aromatic carbocycles. The number of nitrogens with zero attached hydrogens (tertiary/aromatic N) is 1. The van der Waals surface area contributed by atoms with Gasteiger partial charge in [0.2, 0.25) is 0 Å². The monoisotopic (exact) mass is 334 g/mol. The van der Waals surface area contributed by atoms with Gasteiger partial charge >= 0.3 is 0 Å². The smallest absolute Gasteiger partial charge is 0.262 e. The summed E-state index contributed by atoms with van der Waals surface area (Å²) >= 11 is 0. The van der Waals surface area contributed by atoms with E-state index in [0.29, 0.717) is 22.6 Å². The summed E-state index contributed by atoms with van der Waals surface area (Å²) in [6.07, 6.45) is 1.57. The van der Waals surface area contributed by atoms with E-state index in [0.717, 1.165) is 22.8 Å². The number of nitriles is 1. The van der Waals surface area contributed by atoms with Crippen molar-refractivity contribution in [2.45, 2.75) is 17.7 Å². The van der Waals surface area contributed by atoms with Gasteiger partial charge in [-0.15, -0.1) is 0 Å². The predicted molar refractivity (Wildman–Crippen MR) is 93.3 cm³/mol. The lowest BCUT2D eigenvalue weighted by molar-refractivity contribution is 0.600. The normalized spacial score (nSPS) is 13.0. The number of sulfonamides is 1. The van der Waals surface area contributed by atoms with Crippen LogP contribution >= 0.6 is 0 Å². The Morgan fingerprint density at radius 1 is 0.958 bits per heavy atom. The van der Waals surface area contributed by atoms with Crippen LogP contribution in [0.1, 0.15) is 16.7 Å². The summed E-state index contributed by atoms with van der Waals surface area (Å²) in [5.74, 6) is 0. The minimum atomic E-state index is -3.75. The summed E-state index contributed by atoms with van der Waals surface area (Å²) in [6, 6.07) is 18.2. The van der Waals surface area contributed by atoms with Gasteiger partial charge in [0.1, 0.15) is 6.07 Å². The molecule has 0 spiro atoms. The van der Waals surface area contributed by atoms with Crippen LogP contribution in [-0.2, 0) is 22.9 Å². The highest BCUT2D eigenvalue weighted by Crippen LogP contribution is 2.35. The first-order chi connectivity index (χ1) is 11.6. The molecule has 4 rings (SSSR count). The summed E-state index contributed by atoms with van der Waals surface area (Å²) in [5.41, 5.74) is 2.67. The van der Waals surface area contributed by atoms with E-state index in [1.165, 1.54) is 5.56 Å². The molecule has 24 heavy (non-hydrogen) atoms. The van der Waals surface area contributed by atoms with E-state index in [-0.39, 0.29) is 0 Å². The van der Waals surface area contributed by atoms with Gasteiger partial charge in [-0.3, -0.25) is 4.72 Å². The van der Waals surface area contributed by atoms with Gasteiger partial charge in [-0.2, -0.15) is 5.26 Å². The highest BCUT2D eigenvalue weighted by Gasteiger charge is 2.25. The van der Waals surface area contributed by atoms with Gasteiger partial charge in [0.05, 0.1) is 16.1 Å². The first kappa shape index (κ1) is 14.7. The molecule has 0 bridgehead atoms. The number of rotatable bonds is 3. The van der Waals surface area contributed by atoms with Crippen LogP contribution in [0.2, 0.25) is 0 Å². The summed E-state index contributed by atoms with van der Waals surface area (Å²) < 4.78 is 28.4. The number of hydrogen-bond donors (Lipinski definition) is 1. The molecular formula is C19H14N2O2S. The molecular weight excluding hydrogens is 320 g/mol. The van der Waals surface area contributed by atoms with Crippen LogP contribution in [0.4, 0.5) is 5.69 Å². The van der Waals surface area contributed by atoms with Crippen molar-refractivity contribution in [3.63, 3.8) is 0 Å². The van der Waals surface area contributed by atoms with Crippen molar-refractivity contribution < 1.29 is 8.42 Å². The van der Waals surface area contributed by atoms with Crippen LogP contribution in [0.25, 0.3) is 10.8 Å². The molecule has 0 atom stereocenters. The second-order valence-corrected chi connectivity index (χ2v) is 7.47. The first-order valence-electron chi connectivity index (χ1n) is 7.65. The number of nitrogens with one attached hydrogen (secondary N) is 1. The van der Waals surface area contributed by atoms with Crippen molar-refractivity contribution in [3.05, 3.63) is 71.3 Å². The van der Waals surface area contributed by atoms with E-state index in [4.69, 9.17) is 5.26 Å². The average molecular weight is 334 g/mol. The molecule has 0 radical (unpaired) electrons. The summed E-state index contributed by atoms with van der Waals surface area (Å²) in [7, 11) is -3.75. The molecule has 1 aliphatic carbocycles. The predicted octanol–water partition coefficient (Wildman–Crippen LogP) is 3.61. The lowest BCUT2D eigenvalue weighted by atomic mass is 10.1. The van der Waals surface area contributed by atoms with Crippen molar-refractivity contribution in [3.8, 4) is 6.07 Å². The maximum Gasteiger partial charge on any atom is 0.262 e. The van der Waals surface area contributed by atoms with Gasteiger partial charge < -0.3 is 0 Å². The second-order valence-electron chi connectivity index (χ2n) is 5.82. The lowest BCUT2D eigenvalue weighted by Crippen LogP contribution is -2.15. The molecule has 0 amide bonds. The Bertz CT molecular complexity index is 1110. The molecule has 5 heteroatoms. The van der Waals surface area contributed by atoms with Gasteiger partial charge in [0, 0.05) is 0 Å². The Labute approximate surface area is 140 Å². The van der Waals surface area contributed by atoms with Crippen LogP contribution in [0.3, 0.4) is 0 Å². The Hall–Kier alpha value is -2.84. The average Bonchev–Trinajstić information content (AvgIpc) is 3.01. The zero-order valence-electron chi connectivity index (χ0n) is 12.8. The van der Waals surface area contributed by atoms with Crippen LogP contribution in [0.15, 0.2) is 59.5 Å². The minimum Gasteiger partial charge on any atom is -0.278 e. The standard InChI is InChI=1S/C19H14N2O2S/c20-12-15-4-1-2-7-17(15)21-24(22,23)18-11-9-14-6-3-5-13-8-10-16(18)19(13)14/h1-7,9,11,21H,8,10H2.